The smallest absolute Gasteiger partial charge is 0.328 e. The average molecular weight is 255 g/mol. The standard InChI is InChI=1S/C9H15N5O2.C2H6/c1-6(10)3-14(11)5-7-4-13(2)9(16)12-8(7)15;1-2/h3-4H,5,10-11H2,1-2H3,(H,12,15,16);1-2H3/b6-3-;. The van der Waals surface area contributed by atoms with E-state index in [9.17, 15) is 9.59 Å². The van der Waals surface area contributed by atoms with Gasteiger partial charge in [-0.05, 0) is 6.92 Å². The molecule has 0 saturated heterocycles. The van der Waals surface area contributed by atoms with Crippen molar-refractivity contribution in [3.8, 4) is 0 Å². The highest BCUT2D eigenvalue weighted by Gasteiger charge is 2.04. The van der Waals surface area contributed by atoms with Crippen LogP contribution in [-0.4, -0.2) is 14.6 Å². The van der Waals surface area contributed by atoms with Crippen molar-refractivity contribution >= 4 is 0 Å². The van der Waals surface area contributed by atoms with Crippen LogP contribution in [0, 0.1) is 0 Å². The Morgan fingerprint density at radius 2 is 2.06 bits per heavy atom. The average Bonchev–Trinajstić information content (AvgIpc) is 2.27. The van der Waals surface area contributed by atoms with Gasteiger partial charge in [0.15, 0.2) is 0 Å². The van der Waals surface area contributed by atoms with E-state index in [0.29, 0.717) is 11.3 Å². The molecular formula is C11H21N5O2. The molecule has 0 aliphatic heterocycles. The van der Waals surface area contributed by atoms with E-state index in [0.717, 1.165) is 0 Å². The zero-order valence-corrected chi connectivity index (χ0v) is 11.2. The monoisotopic (exact) mass is 255 g/mol. The quantitative estimate of drug-likeness (QED) is 0.502. The van der Waals surface area contributed by atoms with Crippen LogP contribution < -0.4 is 22.8 Å². The Labute approximate surface area is 106 Å². The van der Waals surface area contributed by atoms with Gasteiger partial charge in [-0.25, -0.2) is 10.6 Å². The maximum Gasteiger partial charge on any atom is 0.328 e. The van der Waals surface area contributed by atoms with Gasteiger partial charge in [-0.2, -0.15) is 0 Å². The fourth-order valence-electron chi connectivity index (χ4n) is 1.23. The van der Waals surface area contributed by atoms with Crippen molar-refractivity contribution in [3.05, 3.63) is 44.5 Å². The molecule has 5 N–H and O–H groups in total. The van der Waals surface area contributed by atoms with Gasteiger partial charge in [0.1, 0.15) is 0 Å². The summed E-state index contributed by atoms with van der Waals surface area (Å²) in [7, 11) is 1.55. The van der Waals surface area contributed by atoms with E-state index in [1.165, 1.54) is 22.0 Å². The molecule has 0 aromatic carbocycles. The predicted molar refractivity (Wildman–Crippen MR) is 71.3 cm³/mol. The second-order valence-corrected chi connectivity index (χ2v) is 3.57. The molecule has 0 unspecified atom stereocenters. The van der Waals surface area contributed by atoms with Crippen molar-refractivity contribution < 1.29 is 0 Å². The first kappa shape index (κ1) is 16.0. The minimum Gasteiger partial charge on any atom is -0.401 e. The lowest BCUT2D eigenvalue weighted by atomic mass is 10.3. The van der Waals surface area contributed by atoms with Crippen LogP contribution in [0.4, 0.5) is 0 Å². The molecule has 0 atom stereocenters. The molecule has 102 valence electrons. The van der Waals surface area contributed by atoms with E-state index < -0.39 is 11.2 Å². The molecule has 0 aliphatic rings. The summed E-state index contributed by atoms with van der Waals surface area (Å²) >= 11 is 0. The number of aryl methyl sites for hydroxylation is 1. The Hall–Kier alpha value is -2.02. The van der Waals surface area contributed by atoms with E-state index in [4.69, 9.17) is 11.6 Å². The van der Waals surface area contributed by atoms with E-state index >= 15 is 0 Å². The lowest BCUT2D eigenvalue weighted by molar-refractivity contribution is 0.379. The summed E-state index contributed by atoms with van der Waals surface area (Å²) in [6, 6.07) is 0. The number of nitrogens with two attached hydrogens (primary N) is 2. The number of nitrogens with zero attached hydrogens (tertiary/aromatic N) is 2. The number of hydrazine groups is 1. The summed E-state index contributed by atoms with van der Waals surface area (Å²) < 4.78 is 1.28. The van der Waals surface area contributed by atoms with Crippen LogP contribution in [-0.2, 0) is 13.6 Å². The molecule has 0 bridgehead atoms. The van der Waals surface area contributed by atoms with Gasteiger partial charge in [0.25, 0.3) is 5.56 Å². The molecule has 7 heteroatoms. The highest BCUT2D eigenvalue weighted by Crippen LogP contribution is 1.94. The summed E-state index contributed by atoms with van der Waals surface area (Å²) in [5.74, 6) is 5.60. The second-order valence-electron chi connectivity index (χ2n) is 3.57. The summed E-state index contributed by atoms with van der Waals surface area (Å²) in [5, 5.41) is 1.28. The summed E-state index contributed by atoms with van der Waals surface area (Å²) in [5.41, 5.74) is 5.46. The van der Waals surface area contributed by atoms with Crippen LogP contribution in [0.1, 0.15) is 26.3 Å². The Morgan fingerprint density at radius 3 is 2.56 bits per heavy atom. The first-order valence-corrected chi connectivity index (χ1v) is 5.64. The molecule has 1 aromatic heterocycles. The molecule has 0 radical (unpaired) electrons. The van der Waals surface area contributed by atoms with Crippen LogP contribution in [0.3, 0.4) is 0 Å². The third kappa shape index (κ3) is 4.88. The van der Waals surface area contributed by atoms with Crippen molar-refractivity contribution in [2.24, 2.45) is 18.6 Å². The molecule has 1 heterocycles. The van der Waals surface area contributed by atoms with Gasteiger partial charge in [-0.3, -0.25) is 9.78 Å². The molecule has 1 rings (SSSR count). The van der Waals surface area contributed by atoms with Gasteiger partial charge in [-0.1, -0.05) is 13.8 Å². The third-order valence-electron chi connectivity index (χ3n) is 1.90. The SMILES string of the molecule is C/C(N)=C/N(N)Cc1cn(C)c(=O)[nH]c1=O.CC. The van der Waals surface area contributed by atoms with Crippen molar-refractivity contribution in [2.75, 3.05) is 0 Å². The number of hydrogen-bond donors (Lipinski definition) is 3. The first-order valence-electron chi connectivity index (χ1n) is 5.64. The van der Waals surface area contributed by atoms with Gasteiger partial charge in [-0.15, -0.1) is 0 Å². The zero-order valence-electron chi connectivity index (χ0n) is 11.2. The first-order chi connectivity index (χ1) is 8.40. The highest BCUT2D eigenvalue weighted by atomic mass is 16.2. The lowest BCUT2D eigenvalue weighted by Crippen LogP contribution is -2.34. The predicted octanol–water partition coefficient (Wildman–Crippen LogP) is -0.404. The molecule has 18 heavy (non-hydrogen) atoms. The molecule has 0 amide bonds. The Balaban J connectivity index is 0.00000137. The topological polar surface area (TPSA) is 110 Å². The van der Waals surface area contributed by atoms with Gasteiger partial charge in [0.2, 0.25) is 0 Å². The van der Waals surface area contributed by atoms with Gasteiger partial charge >= 0.3 is 5.69 Å². The van der Waals surface area contributed by atoms with Crippen molar-refractivity contribution in [2.45, 2.75) is 27.3 Å². The maximum atomic E-state index is 11.4. The molecule has 1 aromatic rings. The lowest BCUT2D eigenvalue weighted by Gasteiger charge is -2.13. The van der Waals surface area contributed by atoms with Crippen LogP contribution in [0.25, 0.3) is 0 Å². The van der Waals surface area contributed by atoms with Gasteiger partial charge < -0.3 is 15.3 Å². The minimum absolute atomic E-state index is 0.179. The molecular weight excluding hydrogens is 234 g/mol. The van der Waals surface area contributed by atoms with Crippen LogP contribution in [0.2, 0.25) is 0 Å². The summed E-state index contributed by atoms with van der Waals surface area (Å²) in [6.07, 6.45) is 2.95. The van der Waals surface area contributed by atoms with Crippen molar-refractivity contribution in [1.82, 2.24) is 14.6 Å². The third-order valence-corrected chi connectivity index (χ3v) is 1.90. The molecule has 0 aliphatic carbocycles. The van der Waals surface area contributed by atoms with E-state index in [1.807, 2.05) is 13.8 Å². The number of allylic oxidation sites excluding steroid dienone is 1. The van der Waals surface area contributed by atoms with Crippen LogP contribution in [0.15, 0.2) is 27.7 Å². The largest absolute Gasteiger partial charge is 0.401 e. The normalized spacial score (nSPS) is 10.6. The van der Waals surface area contributed by atoms with Crippen molar-refractivity contribution in [3.63, 3.8) is 0 Å². The number of aromatic amines is 1. The summed E-state index contributed by atoms with van der Waals surface area (Å²) in [6.45, 7) is 5.86. The van der Waals surface area contributed by atoms with Crippen LogP contribution in [0.5, 0.6) is 0 Å². The van der Waals surface area contributed by atoms with Gasteiger partial charge in [0, 0.05) is 25.1 Å². The number of hydrogen-bond acceptors (Lipinski definition) is 5. The van der Waals surface area contributed by atoms with Crippen molar-refractivity contribution in [1.29, 1.82) is 0 Å². The fraction of sp³-hybridized carbons (Fsp3) is 0.455. The Bertz CT molecular complexity index is 511. The zero-order chi connectivity index (χ0) is 14.3. The minimum atomic E-state index is -0.456. The fourth-order valence-corrected chi connectivity index (χ4v) is 1.23. The highest BCUT2D eigenvalue weighted by molar-refractivity contribution is 5.05. The Morgan fingerprint density at radius 1 is 1.50 bits per heavy atom. The number of rotatable bonds is 3. The molecule has 7 nitrogen and oxygen atoms in total. The molecule has 0 fully saturated rings. The number of nitrogens with one attached hydrogen (secondary N) is 1. The second kappa shape index (κ2) is 7.33. The number of aromatic nitrogens is 2. The molecule has 0 spiro atoms. The van der Waals surface area contributed by atoms with Gasteiger partial charge in [0.05, 0.1) is 12.1 Å². The number of H-pyrrole nitrogens is 1. The van der Waals surface area contributed by atoms with Crippen LogP contribution >= 0.6 is 0 Å². The summed E-state index contributed by atoms with van der Waals surface area (Å²) in [4.78, 5) is 24.7. The van der Waals surface area contributed by atoms with E-state index in [2.05, 4.69) is 4.98 Å². The van der Waals surface area contributed by atoms with E-state index in [1.54, 1.807) is 14.0 Å². The molecule has 0 saturated carbocycles. The maximum absolute atomic E-state index is 11.4. The van der Waals surface area contributed by atoms with E-state index in [-0.39, 0.29) is 6.54 Å². The Kier molecular flexibility index (Phi) is 6.51.